The van der Waals surface area contributed by atoms with Gasteiger partial charge >= 0.3 is 0 Å². The van der Waals surface area contributed by atoms with Gasteiger partial charge in [0.1, 0.15) is 0 Å². The van der Waals surface area contributed by atoms with E-state index in [2.05, 4.69) is 20.5 Å². The first-order valence-corrected chi connectivity index (χ1v) is 7.25. The second-order valence-electron chi connectivity index (χ2n) is 4.41. The lowest BCUT2D eigenvalue weighted by Crippen LogP contribution is -2.11. The van der Waals surface area contributed by atoms with E-state index in [0.717, 1.165) is 5.56 Å². The van der Waals surface area contributed by atoms with Crippen LogP contribution in [0.2, 0.25) is 0 Å². The third-order valence-corrected chi connectivity index (χ3v) is 3.78. The molecule has 2 aromatic heterocycles. The van der Waals surface area contributed by atoms with Crippen molar-refractivity contribution in [2.45, 2.75) is 0 Å². The monoisotopic (exact) mass is 327 g/mol. The van der Waals surface area contributed by atoms with Gasteiger partial charge in [-0.1, -0.05) is 11.3 Å². The molecule has 3 aromatic rings. The first-order valence-electron chi connectivity index (χ1n) is 6.43. The average Bonchev–Trinajstić information content (AvgIpc) is 3.04. The summed E-state index contributed by atoms with van der Waals surface area (Å²) in [7, 11) is 0. The number of rotatable bonds is 4. The van der Waals surface area contributed by atoms with E-state index in [1.807, 2.05) is 6.07 Å². The largest absolute Gasteiger partial charge is 0.296 e. The molecule has 0 bridgehead atoms. The normalized spacial score (nSPS) is 10.3. The fraction of sp³-hybridized carbons (Fsp3) is 0. The number of anilines is 1. The zero-order chi connectivity index (χ0) is 16.2. The summed E-state index contributed by atoms with van der Waals surface area (Å²) in [5, 5.41) is 22.1. The van der Waals surface area contributed by atoms with E-state index in [9.17, 15) is 14.9 Å². The predicted molar refractivity (Wildman–Crippen MR) is 84.2 cm³/mol. The minimum Gasteiger partial charge on any atom is -0.296 e. The van der Waals surface area contributed by atoms with Crippen LogP contribution in [0, 0.1) is 10.1 Å². The van der Waals surface area contributed by atoms with Crippen LogP contribution in [0.1, 0.15) is 10.4 Å². The number of amides is 1. The Morgan fingerprint density at radius 1 is 1.17 bits per heavy atom. The molecular formula is C14H9N5O3S. The second-order valence-corrected chi connectivity index (χ2v) is 5.39. The zero-order valence-corrected chi connectivity index (χ0v) is 12.4. The molecule has 0 radical (unpaired) electrons. The summed E-state index contributed by atoms with van der Waals surface area (Å²) < 4.78 is 0. The summed E-state index contributed by atoms with van der Waals surface area (Å²) in [4.78, 5) is 26.2. The lowest BCUT2D eigenvalue weighted by molar-refractivity contribution is -0.384. The molecule has 1 amide bonds. The van der Waals surface area contributed by atoms with Crippen LogP contribution in [0.15, 0.2) is 48.8 Å². The number of aromatic nitrogens is 3. The topological polar surface area (TPSA) is 111 Å². The molecule has 2 heterocycles. The molecule has 0 saturated carbocycles. The maximum absolute atomic E-state index is 12.1. The maximum atomic E-state index is 12.1. The Morgan fingerprint density at radius 2 is 1.96 bits per heavy atom. The molecule has 0 spiro atoms. The number of carbonyl (C=O) groups is 1. The van der Waals surface area contributed by atoms with Crippen LogP contribution in [-0.2, 0) is 0 Å². The van der Waals surface area contributed by atoms with Gasteiger partial charge in [-0.05, 0) is 24.3 Å². The van der Waals surface area contributed by atoms with Gasteiger partial charge in [-0.15, -0.1) is 10.2 Å². The van der Waals surface area contributed by atoms with E-state index in [1.54, 1.807) is 18.5 Å². The van der Waals surface area contributed by atoms with Crippen LogP contribution in [-0.4, -0.2) is 26.0 Å². The summed E-state index contributed by atoms with van der Waals surface area (Å²) in [5.41, 5.74) is 1.03. The summed E-state index contributed by atoms with van der Waals surface area (Å²) in [6.45, 7) is 0. The molecule has 114 valence electrons. The number of hydrogen-bond acceptors (Lipinski definition) is 7. The van der Waals surface area contributed by atoms with Gasteiger partial charge in [-0.2, -0.15) is 0 Å². The molecule has 0 saturated heterocycles. The number of carbonyl (C=O) groups excluding carboxylic acids is 1. The number of nitrogens with zero attached hydrogens (tertiary/aromatic N) is 4. The number of nitro groups is 1. The van der Waals surface area contributed by atoms with Crippen molar-refractivity contribution in [1.82, 2.24) is 15.2 Å². The smallest absolute Gasteiger partial charge is 0.269 e. The first kappa shape index (κ1) is 14.7. The molecule has 1 N–H and O–H groups in total. The van der Waals surface area contributed by atoms with Crippen LogP contribution in [0.3, 0.4) is 0 Å². The molecule has 0 unspecified atom stereocenters. The summed E-state index contributed by atoms with van der Waals surface area (Å²) in [5.74, 6) is -0.409. The Bertz CT molecular complexity index is 848. The number of hydrogen-bond donors (Lipinski definition) is 1. The Morgan fingerprint density at radius 3 is 2.61 bits per heavy atom. The van der Waals surface area contributed by atoms with E-state index in [4.69, 9.17) is 0 Å². The third kappa shape index (κ3) is 3.35. The van der Waals surface area contributed by atoms with E-state index in [1.165, 1.54) is 35.6 Å². The lowest BCUT2D eigenvalue weighted by Gasteiger charge is -2.00. The molecule has 8 nitrogen and oxygen atoms in total. The van der Waals surface area contributed by atoms with Crippen molar-refractivity contribution in [3.63, 3.8) is 0 Å². The van der Waals surface area contributed by atoms with Gasteiger partial charge in [0, 0.05) is 35.7 Å². The highest BCUT2D eigenvalue weighted by molar-refractivity contribution is 7.18. The van der Waals surface area contributed by atoms with Crippen LogP contribution in [0.5, 0.6) is 0 Å². The van der Waals surface area contributed by atoms with Gasteiger partial charge in [0.25, 0.3) is 11.6 Å². The van der Waals surface area contributed by atoms with Gasteiger partial charge < -0.3 is 0 Å². The first-order chi connectivity index (χ1) is 11.1. The number of nitro benzene ring substituents is 1. The number of nitrogens with one attached hydrogen (secondary N) is 1. The molecule has 3 rings (SSSR count). The fourth-order valence-electron chi connectivity index (χ4n) is 1.78. The van der Waals surface area contributed by atoms with Crippen molar-refractivity contribution in [2.75, 3.05) is 5.32 Å². The average molecular weight is 327 g/mol. The minimum atomic E-state index is -0.521. The van der Waals surface area contributed by atoms with Crippen LogP contribution in [0.4, 0.5) is 10.8 Å². The van der Waals surface area contributed by atoms with Gasteiger partial charge in [0.2, 0.25) is 5.13 Å². The number of pyridine rings is 1. The van der Waals surface area contributed by atoms with E-state index >= 15 is 0 Å². The highest BCUT2D eigenvalue weighted by atomic mass is 32.1. The Kier molecular flexibility index (Phi) is 4.02. The van der Waals surface area contributed by atoms with E-state index < -0.39 is 10.8 Å². The zero-order valence-electron chi connectivity index (χ0n) is 11.5. The van der Waals surface area contributed by atoms with Crippen molar-refractivity contribution in [2.24, 2.45) is 0 Å². The molecule has 0 atom stereocenters. The highest BCUT2D eigenvalue weighted by Gasteiger charge is 2.13. The Balaban J connectivity index is 1.73. The van der Waals surface area contributed by atoms with Crippen LogP contribution < -0.4 is 5.32 Å². The quantitative estimate of drug-likeness (QED) is 0.582. The molecule has 0 fully saturated rings. The van der Waals surface area contributed by atoms with Crippen molar-refractivity contribution < 1.29 is 9.72 Å². The minimum absolute atomic E-state index is 0.0728. The summed E-state index contributed by atoms with van der Waals surface area (Å²) in [6, 6.07) is 8.94. The number of non-ortho nitro benzene ring substituents is 1. The van der Waals surface area contributed by atoms with E-state index in [-0.39, 0.29) is 5.69 Å². The maximum Gasteiger partial charge on any atom is 0.269 e. The van der Waals surface area contributed by atoms with Crippen LogP contribution in [0.25, 0.3) is 10.6 Å². The molecule has 23 heavy (non-hydrogen) atoms. The molecule has 0 aliphatic carbocycles. The SMILES string of the molecule is O=C(Nc1nnc(-c2cccnc2)s1)c1ccc([N+](=O)[O-])cc1. The van der Waals surface area contributed by atoms with Gasteiger partial charge in [-0.25, -0.2) is 0 Å². The van der Waals surface area contributed by atoms with Crippen molar-refractivity contribution in [3.8, 4) is 10.6 Å². The molecule has 9 heteroatoms. The standard InChI is InChI=1S/C14H9N5O3S/c20-12(9-3-5-11(6-4-9)19(21)22)16-14-18-17-13(23-14)10-2-1-7-15-8-10/h1-8H,(H,16,18,20). The third-order valence-electron chi connectivity index (χ3n) is 2.89. The summed E-state index contributed by atoms with van der Waals surface area (Å²) >= 11 is 1.21. The van der Waals surface area contributed by atoms with Gasteiger partial charge in [0.15, 0.2) is 5.01 Å². The van der Waals surface area contributed by atoms with E-state index in [0.29, 0.717) is 15.7 Å². The second kappa shape index (κ2) is 6.28. The summed E-state index contributed by atoms with van der Waals surface area (Å²) in [6.07, 6.45) is 3.31. The van der Waals surface area contributed by atoms with Gasteiger partial charge in [-0.3, -0.25) is 25.2 Å². The van der Waals surface area contributed by atoms with Crippen molar-refractivity contribution in [3.05, 3.63) is 64.5 Å². The fourth-order valence-corrected chi connectivity index (χ4v) is 2.51. The Hall–Kier alpha value is -3.20. The Labute approximate surface area is 134 Å². The highest BCUT2D eigenvalue weighted by Crippen LogP contribution is 2.25. The molecular weight excluding hydrogens is 318 g/mol. The van der Waals surface area contributed by atoms with Crippen molar-refractivity contribution >= 4 is 28.1 Å². The lowest BCUT2D eigenvalue weighted by atomic mass is 10.2. The van der Waals surface area contributed by atoms with Crippen molar-refractivity contribution in [1.29, 1.82) is 0 Å². The molecule has 0 aliphatic heterocycles. The number of benzene rings is 1. The van der Waals surface area contributed by atoms with Gasteiger partial charge in [0.05, 0.1) is 4.92 Å². The predicted octanol–water partition coefficient (Wildman–Crippen LogP) is 2.76. The molecule has 0 aliphatic rings. The van der Waals surface area contributed by atoms with Crippen LogP contribution >= 0.6 is 11.3 Å². The molecule has 1 aromatic carbocycles.